The van der Waals surface area contributed by atoms with E-state index in [9.17, 15) is 14.0 Å². The van der Waals surface area contributed by atoms with Crippen molar-refractivity contribution in [3.63, 3.8) is 0 Å². The van der Waals surface area contributed by atoms with E-state index in [0.717, 1.165) is 0 Å². The van der Waals surface area contributed by atoms with Gasteiger partial charge >= 0.3 is 5.97 Å². The summed E-state index contributed by atoms with van der Waals surface area (Å²) < 4.78 is 18.2. The minimum absolute atomic E-state index is 0.0482. The number of halogens is 1. The van der Waals surface area contributed by atoms with Gasteiger partial charge in [-0.3, -0.25) is 9.59 Å². The molecule has 0 radical (unpaired) electrons. The molecule has 0 aliphatic heterocycles. The van der Waals surface area contributed by atoms with Crippen LogP contribution in [0, 0.1) is 17.7 Å². The molecule has 0 amide bonds. The second kappa shape index (κ2) is 6.44. The van der Waals surface area contributed by atoms with E-state index >= 15 is 0 Å². The molecular formula is C13H11FO3. The number of ether oxygens (including phenoxy) is 1. The lowest BCUT2D eigenvalue weighted by atomic mass is 10.1. The summed E-state index contributed by atoms with van der Waals surface area (Å²) in [5.41, 5.74) is 0.0480. The van der Waals surface area contributed by atoms with Crippen LogP contribution in [0.2, 0.25) is 0 Å². The summed E-state index contributed by atoms with van der Waals surface area (Å²) in [6, 6.07) is 4.33. The van der Waals surface area contributed by atoms with E-state index in [1.807, 2.05) is 0 Å². The largest absolute Gasteiger partial charge is 0.465 e. The van der Waals surface area contributed by atoms with Crippen LogP contribution < -0.4 is 0 Å². The first kappa shape index (κ1) is 12.9. The van der Waals surface area contributed by atoms with Crippen LogP contribution in [0.25, 0.3) is 0 Å². The van der Waals surface area contributed by atoms with Gasteiger partial charge in [0.15, 0.2) is 6.29 Å². The molecule has 1 rings (SSSR count). The highest BCUT2D eigenvalue weighted by atomic mass is 19.1. The van der Waals surface area contributed by atoms with Gasteiger partial charge in [-0.15, -0.1) is 0 Å². The lowest BCUT2D eigenvalue weighted by molar-refractivity contribution is -0.141. The Morgan fingerprint density at radius 2 is 2.29 bits per heavy atom. The van der Waals surface area contributed by atoms with Crippen molar-refractivity contribution in [1.82, 2.24) is 0 Å². The average Bonchev–Trinajstić information content (AvgIpc) is 2.32. The van der Waals surface area contributed by atoms with E-state index in [2.05, 4.69) is 16.6 Å². The van der Waals surface area contributed by atoms with Crippen LogP contribution in [0.3, 0.4) is 0 Å². The predicted molar refractivity (Wildman–Crippen MR) is 59.9 cm³/mol. The molecule has 1 aromatic carbocycles. The lowest BCUT2D eigenvalue weighted by Gasteiger charge is -1.97. The zero-order chi connectivity index (χ0) is 12.7. The molecule has 88 valence electrons. The van der Waals surface area contributed by atoms with Crippen LogP contribution in [0.1, 0.15) is 29.3 Å². The molecule has 0 aromatic heterocycles. The normalized spacial score (nSPS) is 9.06. The minimum Gasteiger partial charge on any atom is -0.465 e. The molecule has 0 unspecified atom stereocenters. The smallest absolute Gasteiger partial charge is 0.317 e. The minimum atomic E-state index is -0.668. The van der Waals surface area contributed by atoms with Crippen LogP contribution in [-0.2, 0) is 9.53 Å². The zero-order valence-electron chi connectivity index (χ0n) is 9.33. The average molecular weight is 234 g/mol. The molecule has 4 heteroatoms. The molecule has 0 saturated carbocycles. The van der Waals surface area contributed by atoms with E-state index in [-0.39, 0.29) is 24.2 Å². The van der Waals surface area contributed by atoms with Crippen LogP contribution in [0.15, 0.2) is 18.2 Å². The first-order chi connectivity index (χ1) is 8.19. The Morgan fingerprint density at radius 3 is 2.94 bits per heavy atom. The third-order valence-corrected chi connectivity index (χ3v) is 1.92. The first-order valence-electron chi connectivity index (χ1n) is 5.07. The Bertz CT molecular complexity index is 483. The van der Waals surface area contributed by atoms with Gasteiger partial charge in [-0.25, -0.2) is 4.39 Å². The summed E-state index contributed by atoms with van der Waals surface area (Å²) in [6.45, 7) is 1.98. The van der Waals surface area contributed by atoms with Crippen molar-refractivity contribution in [2.24, 2.45) is 0 Å². The quantitative estimate of drug-likeness (QED) is 0.456. The topological polar surface area (TPSA) is 43.4 Å². The number of rotatable bonds is 3. The van der Waals surface area contributed by atoms with Gasteiger partial charge in [0.1, 0.15) is 12.2 Å². The Balaban J connectivity index is 2.79. The number of carbonyl (C=O) groups excluding carboxylic acids is 2. The zero-order valence-corrected chi connectivity index (χ0v) is 9.33. The molecule has 0 N–H and O–H groups in total. The van der Waals surface area contributed by atoms with Crippen molar-refractivity contribution in [3.05, 3.63) is 35.1 Å². The molecule has 17 heavy (non-hydrogen) atoms. The fourth-order valence-corrected chi connectivity index (χ4v) is 1.16. The molecule has 0 aliphatic carbocycles. The van der Waals surface area contributed by atoms with Gasteiger partial charge in [0.05, 0.1) is 17.7 Å². The van der Waals surface area contributed by atoms with Crippen molar-refractivity contribution in [2.75, 3.05) is 6.61 Å². The summed E-state index contributed by atoms with van der Waals surface area (Å²) in [5.74, 6) is 3.87. The summed E-state index contributed by atoms with van der Waals surface area (Å²) in [5, 5.41) is 0. The van der Waals surface area contributed by atoms with Crippen molar-refractivity contribution in [2.45, 2.75) is 13.3 Å². The number of benzene rings is 1. The van der Waals surface area contributed by atoms with Gasteiger partial charge in [-0.2, -0.15) is 0 Å². The maximum Gasteiger partial charge on any atom is 0.317 e. The number of esters is 1. The molecule has 0 heterocycles. The summed E-state index contributed by atoms with van der Waals surface area (Å²) in [7, 11) is 0. The van der Waals surface area contributed by atoms with Gasteiger partial charge < -0.3 is 4.74 Å². The van der Waals surface area contributed by atoms with Crippen LogP contribution >= 0.6 is 0 Å². The Labute approximate surface area is 98.6 Å². The molecule has 0 aliphatic rings. The van der Waals surface area contributed by atoms with Crippen molar-refractivity contribution >= 4 is 12.3 Å². The highest BCUT2D eigenvalue weighted by molar-refractivity contribution is 5.76. The van der Waals surface area contributed by atoms with Gasteiger partial charge in [0, 0.05) is 0 Å². The van der Waals surface area contributed by atoms with Crippen LogP contribution in [0.5, 0.6) is 0 Å². The van der Waals surface area contributed by atoms with Crippen molar-refractivity contribution in [3.8, 4) is 11.8 Å². The summed E-state index contributed by atoms with van der Waals surface area (Å²) >= 11 is 0. The highest BCUT2D eigenvalue weighted by Gasteiger charge is 2.04. The standard InChI is InChI=1S/C13H11FO3/c1-2-17-12(16)8-4-6-10-5-3-7-11(9-15)13(10)14/h3,5,7,9H,2,8H2,1H3. The fourth-order valence-electron chi connectivity index (χ4n) is 1.16. The molecule has 0 bridgehead atoms. The van der Waals surface area contributed by atoms with Gasteiger partial charge in [-0.05, 0) is 19.1 Å². The van der Waals surface area contributed by atoms with E-state index in [0.29, 0.717) is 6.29 Å². The second-order valence-electron chi connectivity index (χ2n) is 3.11. The molecule has 3 nitrogen and oxygen atoms in total. The predicted octanol–water partition coefficient (Wildman–Crippen LogP) is 1.94. The number of carbonyl (C=O) groups is 2. The Hall–Kier alpha value is -2.15. The monoisotopic (exact) mass is 234 g/mol. The Kier molecular flexibility index (Phi) is 4.89. The van der Waals surface area contributed by atoms with Gasteiger partial charge in [0.2, 0.25) is 0 Å². The third kappa shape index (κ3) is 3.72. The molecular weight excluding hydrogens is 223 g/mol. The number of aldehydes is 1. The van der Waals surface area contributed by atoms with Gasteiger partial charge in [-0.1, -0.05) is 17.9 Å². The molecule has 0 saturated heterocycles. The van der Waals surface area contributed by atoms with E-state index in [1.54, 1.807) is 6.92 Å². The van der Waals surface area contributed by atoms with Crippen LogP contribution in [0.4, 0.5) is 4.39 Å². The maximum absolute atomic E-state index is 13.5. The molecule has 0 atom stereocenters. The summed E-state index contributed by atoms with van der Waals surface area (Å²) in [6.07, 6.45) is 0.324. The Morgan fingerprint density at radius 1 is 1.53 bits per heavy atom. The molecule has 0 fully saturated rings. The fraction of sp³-hybridized carbons (Fsp3) is 0.231. The first-order valence-corrected chi connectivity index (χ1v) is 5.07. The number of hydrogen-bond donors (Lipinski definition) is 0. The van der Waals surface area contributed by atoms with E-state index in [1.165, 1.54) is 18.2 Å². The van der Waals surface area contributed by atoms with E-state index < -0.39 is 11.8 Å². The van der Waals surface area contributed by atoms with Crippen molar-refractivity contribution in [1.29, 1.82) is 0 Å². The summed E-state index contributed by atoms with van der Waals surface area (Å²) in [4.78, 5) is 21.5. The SMILES string of the molecule is CCOC(=O)CC#Cc1cccc(C=O)c1F. The van der Waals surface area contributed by atoms with Crippen molar-refractivity contribution < 1.29 is 18.7 Å². The van der Waals surface area contributed by atoms with Gasteiger partial charge in [0.25, 0.3) is 0 Å². The highest BCUT2D eigenvalue weighted by Crippen LogP contribution is 2.09. The second-order valence-corrected chi connectivity index (χ2v) is 3.11. The molecule has 1 aromatic rings. The maximum atomic E-state index is 13.5. The van der Waals surface area contributed by atoms with Crippen LogP contribution in [-0.4, -0.2) is 18.9 Å². The third-order valence-electron chi connectivity index (χ3n) is 1.92. The number of hydrogen-bond acceptors (Lipinski definition) is 3. The lowest BCUT2D eigenvalue weighted by Crippen LogP contribution is -2.01. The molecule has 0 spiro atoms. The van der Waals surface area contributed by atoms with E-state index in [4.69, 9.17) is 0 Å².